The van der Waals surface area contributed by atoms with Crippen LogP contribution in [0.1, 0.15) is 58.6 Å². The van der Waals surface area contributed by atoms with Gasteiger partial charge in [0.1, 0.15) is 6.04 Å². The fraction of sp³-hybridized carbons (Fsp3) is 0.405. The van der Waals surface area contributed by atoms with E-state index in [0.29, 0.717) is 69.2 Å². The van der Waals surface area contributed by atoms with E-state index in [2.05, 4.69) is 32.7 Å². The number of likely N-dealkylation sites (tertiary alicyclic amines) is 1. The molecule has 266 valence electrons. The highest BCUT2D eigenvalue weighted by molar-refractivity contribution is 6.40. The van der Waals surface area contributed by atoms with Gasteiger partial charge in [0.05, 0.1) is 28.7 Å². The number of benzene rings is 2. The summed E-state index contributed by atoms with van der Waals surface area (Å²) >= 11 is 13.4. The zero-order chi connectivity index (χ0) is 35.8. The number of piperazine rings is 1. The molecular weight excluding hydrogens is 693 g/mol. The molecule has 0 bridgehead atoms. The van der Waals surface area contributed by atoms with Crippen molar-refractivity contribution in [3.8, 4) is 11.1 Å². The lowest BCUT2D eigenvalue weighted by atomic mass is 9.89. The number of aryl methyl sites for hydroxylation is 1. The first-order valence-corrected chi connectivity index (χ1v) is 18.0. The van der Waals surface area contributed by atoms with E-state index >= 15 is 0 Å². The molecule has 5 heterocycles. The number of nitrogens with zero attached hydrogens (tertiary/aromatic N) is 5. The van der Waals surface area contributed by atoms with Crippen LogP contribution < -0.4 is 16.2 Å². The van der Waals surface area contributed by atoms with Gasteiger partial charge in [-0.15, -0.1) is 0 Å². The summed E-state index contributed by atoms with van der Waals surface area (Å²) in [6, 6.07) is 11.1. The highest BCUT2D eigenvalue weighted by atomic mass is 35.5. The molecule has 2 aromatic carbocycles. The summed E-state index contributed by atoms with van der Waals surface area (Å²) in [6.07, 6.45) is 6.10. The molecule has 3 saturated heterocycles. The van der Waals surface area contributed by atoms with Crippen molar-refractivity contribution in [3.63, 3.8) is 0 Å². The summed E-state index contributed by atoms with van der Waals surface area (Å²) in [7, 11) is 1.69. The van der Waals surface area contributed by atoms with Crippen LogP contribution in [0.2, 0.25) is 10.0 Å². The largest absolute Gasteiger partial charge is 0.374 e. The van der Waals surface area contributed by atoms with Crippen molar-refractivity contribution in [3.05, 3.63) is 85.2 Å². The third-order valence-electron chi connectivity index (χ3n) is 10.4. The third kappa shape index (κ3) is 7.31. The summed E-state index contributed by atoms with van der Waals surface area (Å²) in [6.45, 7) is 3.90. The molecule has 2 N–H and O–H groups in total. The molecule has 51 heavy (non-hydrogen) atoms. The van der Waals surface area contributed by atoms with Crippen LogP contribution in [0.3, 0.4) is 0 Å². The highest BCUT2D eigenvalue weighted by Crippen LogP contribution is 2.35. The Morgan fingerprint density at radius 1 is 0.922 bits per heavy atom. The number of halogens is 2. The summed E-state index contributed by atoms with van der Waals surface area (Å²) in [4.78, 5) is 72.8. The normalized spacial score (nSPS) is 19.6. The number of anilines is 1. The van der Waals surface area contributed by atoms with Gasteiger partial charge in [-0.2, -0.15) is 0 Å². The van der Waals surface area contributed by atoms with Crippen LogP contribution in [-0.2, 0) is 28.0 Å². The lowest BCUT2D eigenvalue weighted by Gasteiger charge is -2.37. The van der Waals surface area contributed by atoms with Crippen LogP contribution >= 0.6 is 23.2 Å². The predicted molar refractivity (Wildman–Crippen MR) is 196 cm³/mol. The van der Waals surface area contributed by atoms with E-state index in [9.17, 15) is 24.0 Å². The van der Waals surface area contributed by atoms with Gasteiger partial charge < -0.3 is 19.7 Å². The van der Waals surface area contributed by atoms with Crippen LogP contribution in [0.4, 0.5) is 5.69 Å². The number of hydrogen-bond acceptors (Lipinski definition) is 8. The summed E-state index contributed by atoms with van der Waals surface area (Å²) in [5.74, 6) is -0.357. The Hall–Kier alpha value is -4.52. The molecule has 0 radical (unpaired) electrons. The first kappa shape index (κ1) is 34.9. The second-order valence-electron chi connectivity index (χ2n) is 13.6. The minimum atomic E-state index is -0.412. The number of nitrogens with one attached hydrogen (secondary N) is 2. The van der Waals surface area contributed by atoms with E-state index < -0.39 is 6.04 Å². The summed E-state index contributed by atoms with van der Waals surface area (Å²) in [5.41, 5.74) is 5.02. The molecule has 12 nitrogen and oxygen atoms in total. The van der Waals surface area contributed by atoms with E-state index in [1.54, 1.807) is 36.5 Å². The quantitative estimate of drug-likeness (QED) is 0.354. The standard InChI is InChI=1S/C37H39Cl2N7O5/c1-43-20-28(26-18-40-19-27(26)36(43)50)24-16-29(38)34(30(39)17-24)37(51)46-14-12-45(13-15-46)33(48)21-44-10-8-23(9-11-44)22-2-4-25(5-3-22)41-31-6-7-32(47)42-35(31)49/h2-5,16-18,20,23,31,41H,6-15,19,21H2,1H3,(H,42,47,49). The number of fused-ring (bicyclic) bond motifs is 1. The monoisotopic (exact) mass is 731 g/mol. The van der Waals surface area contributed by atoms with Crippen molar-refractivity contribution >= 4 is 58.7 Å². The van der Waals surface area contributed by atoms with Crippen LogP contribution in [0.5, 0.6) is 0 Å². The minimum absolute atomic E-state index is 0.0539. The molecular formula is C37H39Cl2N7O5. The van der Waals surface area contributed by atoms with Crippen LogP contribution in [-0.4, -0.2) is 101 Å². The van der Waals surface area contributed by atoms with E-state index in [-0.39, 0.29) is 44.8 Å². The van der Waals surface area contributed by atoms with Gasteiger partial charge in [-0.05, 0) is 73.7 Å². The number of hydrogen-bond donors (Lipinski definition) is 2. The number of carbonyl (C=O) groups is 4. The third-order valence-corrected chi connectivity index (χ3v) is 11.0. The smallest absolute Gasteiger partial charge is 0.257 e. The van der Waals surface area contributed by atoms with E-state index in [0.717, 1.165) is 42.7 Å². The van der Waals surface area contributed by atoms with E-state index in [1.165, 1.54) is 10.1 Å². The second-order valence-corrected chi connectivity index (χ2v) is 14.4. The van der Waals surface area contributed by atoms with Gasteiger partial charge in [0.2, 0.25) is 17.7 Å². The molecule has 1 unspecified atom stereocenters. The Labute approximate surface area is 305 Å². The summed E-state index contributed by atoms with van der Waals surface area (Å²) in [5, 5.41) is 6.04. The van der Waals surface area contributed by atoms with E-state index in [4.69, 9.17) is 23.2 Å². The fourth-order valence-corrected chi connectivity index (χ4v) is 8.07. The number of amides is 4. The average Bonchev–Trinajstić information content (AvgIpc) is 3.62. The molecule has 3 aromatic rings. The lowest BCUT2D eigenvalue weighted by molar-refractivity contribution is -0.135. The molecule has 1 atom stereocenters. The Morgan fingerprint density at radius 2 is 1.59 bits per heavy atom. The lowest BCUT2D eigenvalue weighted by Crippen LogP contribution is -2.53. The second kappa shape index (κ2) is 14.6. The van der Waals surface area contributed by atoms with Gasteiger partial charge in [-0.1, -0.05) is 35.3 Å². The number of aliphatic imine (C=N–C) groups is 1. The Bertz CT molecular complexity index is 1960. The van der Waals surface area contributed by atoms with Gasteiger partial charge in [0.15, 0.2) is 0 Å². The maximum atomic E-state index is 13.6. The first-order chi connectivity index (χ1) is 24.5. The van der Waals surface area contributed by atoms with Gasteiger partial charge in [0, 0.05) is 74.4 Å². The zero-order valence-corrected chi connectivity index (χ0v) is 29.8. The molecule has 14 heteroatoms. The van der Waals surface area contributed by atoms with E-state index in [1.807, 2.05) is 17.0 Å². The first-order valence-electron chi connectivity index (χ1n) is 17.3. The maximum Gasteiger partial charge on any atom is 0.257 e. The van der Waals surface area contributed by atoms with Crippen LogP contribution in [0.15, 0.2) is 52.4 Å². The Balaban J connectivity index is 0.891. The molecule has 0 aliphatic carbocycles. The molecule has 1 aromatic heterocycles. The fourth-order valence-electron chi connectivity index (χ4n) is 7.42. The zero-order valence-electron chi connectivity index (χ0n) is 28.3. The molecule has 4 aliphatic heterocycles. The number of carbonyl (C=O) groups excluding carboxylic acids is 4. The maximum absolute atomic E-state index is 13.6. The predicted octanol–water partition coefficient (Wildman–Crippen LogP) is 3.67. The van der Waals surface area contributed by atoms with Crippen molar-refractivity contribution in [1.82, 2.24) is 24.6 Å². The van der Waals surface area contributed by atoms with Gasteiger partial charge in [-0.25, -0.2) is 0 Å². The molecule has 0 spiro atoms. The minimum Gasteiger partial charge on any atom is -0.374 e. The summed E-state index contributed by atoms with van der Waals surface area (Å²) < 4.78 is 1.51. The SMILES string of the molecule is Cn1cc(-c2cc(Cl)c(C(=O)N3CCN(C(=O)CN4CCC(c5ccc(NC6CCC(=O)NC6=O)cc5)CC4)CC3)c(Cl)c2)c2c(c1=O)CN=C2. The number of imide groups is 1. The Kier molecular flexibility index (Phi) is 10.00. The van der Waals surface area contributed by atoms with Gasteiger partial charge in [0.25, 0.3) is 11.5 Å². The van der Waals surface area contributed by atoms with Crippen LogP contribution in [0.25, 0.3) is 11.1 Å². The van der Waals surface area contributed by atoms with Crippen molar-refractivity contribution in [2.24, 2.45) is 12.0 Å². The van der Waals surface area contributed by atoms with Crippen molar-refractivity contribution in [1.29, 1.82) is 0 Å². The van der Waals surface area contributed by atoms with Crippen molar-refractivity contribution in [2.45, 2.75) is 44.2 Å². The number of pyridine rings is 1. The molecule has 3 fully saturated rings. The average molecular weight is 733 g/mol. The van der Waals surface area contributed by atoms with Gasteiger partial charge in [-0.3, -0.25) is 39.2 Å². The number of aromatic nitrogens is 1. The Morgan fingerprint density at radius 3 is 2.25 bits per heavy atom. The van der Waals surface area contributed by atoms with Crippen molar-refractivity contribution in [2.75, 3.05) is 51.1 Å². The molecule has 4 amide bonds. The molecule has 0 saturated carbocycles. The highest BCUT2D eigenvalue weighted by Gasteiger charge is 2.31. The van der Waals surface area contributed by atoms with Crippen molar-refractivity contribution < 1.29 is 19.2 Å². The molecule has 7 rings (SSSR count). The number of piperidine rings is 2. The number of rotatable bonds is 7. The van der Waals surface area contributed by atoms with Gasteiger partial charge >= 0.3 is 0 Å². The molecule has 4 aliphatic rings. The van der Waals surface area contributed by atoms with Crippen LogP contribution in [0, 0.1) is 0 Å². The topological polar surface area (TPSA) is 136 Å².